The van der Waals surface area contributed by atoms with Crippen LogP contribution < -0.4 is 5.32 Å². The minimum absolute atomic E-state index is 0.00561. The van der Waals surface area contributed by atoms with Crippen LogP contribution in [0.15, 0.2) is 48.5 Å². The zero-order valence-corrected chi connectivity index (χ0v) is 20.6. The van der Waals surface area contributed by atoms with E-state index in [1.54, 1.807) is 11.8 Å². The molecule has 0 radical (unpaired) electrons. The van der Waals surface area contributed by atoms with Gasteiger partial charge in [0.1, 0.15) is 6.61 Å². The highest BCUT2D eigenvalue weighted by molar-refractivity contribution is 5.83. The van der Waals surface area contributed by atoms with Crippen LogP contribution in [0.3, 0.4) is 0 Å². The number of carboxylic acid groups (broad SMARTS) is 1. The predicted molar refractivity (Wildman–Crippen MR) is 133 cm³/mol. The zero-order valence-electron chi connectivity index (χ0n) is 20.6. The van der Waals surface area contributed by atoms with E-state index in [-0.39, 0.29) is 24.5 Å². The first-order valence-electron chi connectivity index (χ1n) is 12.3. The third-order valence-electron chi connectivity index (χ3n) is 7.51. The van der Waals surface area contributed by atoms with Crippen molar-refractivity contribution in [3.63, 3.8) is 0 Å². The van der Waals surface area contributed by atoms with E-state index in [1.807, 2.05) is 38.1 Å². The molecule has 2 aromatic rings. The van der Waals surface area contributed by atoms with Crippen LogP contribution in [-0.2, 0) is 14.3 Å². The van der Waals surface area contributed by atoms with Gasteiger partial charge in [-0.05, 0) is 48.4 Å². The van der Waals surface area contributed by atoms with Crippen LogP contribution in [0.2, 0.25) is 0 Å². The van der Waals surface area contributed by atoms with E-state index in [1.165, 1.54) is 11.1 Å². The van der Waals surface area contributed by atoms with E-state index in [9.17, 15) is 19.5 Å². The van der Waals surface area contributed by atoms with Crippen molar-refractivity contribution in [2.45, 2.75) is 52.0 Å². The molecule has 1 fully saturated rings. The molecule has 2 aromatic carbocycles. The largest absolute Gasteiger partial charge is 0.481 e. The van der Waals surface area contributed by atoms with Crippen LogP contribution in [0.1, 0.15) is 57.1 Å². The van der Waals surface area contributed by atoms with E-state index < -0.39 is 23.4 Å². The molecule has 7 nitrogen and oxygen atoms in total. The molecule has 1 saturated heterocycles. The molecule has 2 N–H and O–H groups in total. The summed E-state index contributed by atoms with van der Waals surface area (Å²) in [6.07, 6.45) is 1.19. The number of aliphatic carboxylic acids is 1. The number of carboxylic acids is 1. The van der Waals surface area contributed by atoms with Crippen LogP contribution >= 0.6 is 0 Å². The number of amides is 2. The quantitative estimate of drug-likeness (QED) is 0.604. The highest BCUT2D eigenvalue weighted by Gasteiger charge is 2.40. The fourth-order valence-corrected chi connectivity index (χ4v) is 5.38. The fourth-order valence-electron chi connectivity index (χ4n) is 5.38. The number of hydrogen-bond acceptors (Lipinski definition) is 4. The Hall–Kier alpha value is -3.35. The highest BCUT2D eigenvalue weighted by atomic mass is 16.5. The van der Waals surface area contributed by atoms with Gasteiger partial charge in [-0.2, -0.15) is 0 Å². The molecule has 4 rings (SSSR count). The summed E-state index contributed by atoms with van der Waals surface area (Å²) in [5, 5.41) is 12.2. The van der Waals surface area contributed by atoms with Gasteiger partial charge >= 0.3 is 12.1 Å². The number of likely N-dealkylation sites (tertiary alicyclic amines) is 1. The molecule has 1 heterocycles. The van der Waals surface area contributed by atoms with Gasteiger partial charge in [-0.1, -0.05) is 62.4 Å². The van der Waals surface area contributed by atoms with Gasteiger partial charge in [-0.15, -0.1) is 0 Å². The maximum atomic E-state index is 13.2. The smallest absolute Gasteiger partial charge is 0.407 e. The zero-order chi connectivity index (χ0) is 25.2. The molecule has 2 aliphatic rings. The number of rotatable bonds is 7. The van der Waals surface area contributed by atoms with Crippen molar-refractivity contribution < 1.29 is 24.2 Å². The van der Waals surface area contributed by atoms with Gasteiger partial charge in [-0.25, -0.2) is 4.79 Å². The Morgan fingerprint density at radius 3 is 2.26 bits per heavy atom. The summed E-state index contributed by atoms with van der Waals surface area (Å²) in [5.74, 6) is -1.48. The first-order chi connectivity index (χ1) is 16.7. The van der Waals surface area contributed by atoms with E-state index in [0.29, 0.717) is 32.4 Å². The van der Waals surface area contributed by atoms with Gasteiger partial charge in [0.05, 0.1) is 5.92 Å². The highest BCUT2D eigenvalue weighted by Crippen LogP contribution is 2.44. The molecule has 1 aliphatic carbocycles. The number of nitrogens with zero attached hydrogens (tertiary/aromatic N) is 1. The first-order valence-corrected chi connectivity index (χ1v) is 12.3. The van der Waals surface area contributed by atoms with Crippen molar-refractivity contribution >= 4 is 18.0 Å². The van der Waals surface area contributed by atoms with Crippen molar-refractivity contribution in [3.8, 4) is 11.1 Å². The maximum absolute atomic E-state index is 13.2. The lowest BCUT2D eigenvalue weighted by Crippen LogP contribution is -2.53. The number of nitrogens with one attached hydrogen (secondary N) is 1. The van der Waals surface area contributed by atoms with Crippen LogP contribution in [-0.4, -0.2) is 53.7 Å². The monoisotopic (exact) mass is 478 g/mol. The second-order valence-electron chi connectivity index (χ2n) is 10.2. The molecule has 1 aliphatic heterocycles. The standard InChI is InChI=1S/C28H34N2O5/c1-18-19(25(31)32)13-8-16-30(18)26(33)28(2,3)14-15-29-27(34)35-17-24-22-11-6-4-9-20(22)21-10-5-7-12-23(21)24/h4-7,9-12,18-19,24H,8,13-17H2,1-3H3,(H,29,34)(H,31,32)/t18-,19-/m1/s1. The summed E-state index contributed by atoms with van der Waals surface area (Å²) in [5.41, 5.74) is 3.93. The Bertz CT molecular complexity index is 1070. The van der Waals surface area contributed by atoms with Crippen LogP contribution in [0.4, 0.5) is 4.79 Å². The second-order valence-corrected chi connectivity index (χ2v) is 10.2. The summed E-state index contributed by atoms with van der Waals surface area (Å²) in [6, 6.07) is 16.0. The lowest BCUT2D eigenvalue weighted by Gasteiger charge is -2.41. The molecule has 0 spiro atoms. The van der Waals surface area contributed by atoms with E-state index >= 15 is 0 Å². The molecule has 2 atom stereocenters. The predicted octanol–water partition coefficient (Wildman–Crippen LogP) is 4.65. The van der Waals surface area contributed by atoms with Gasteiger partial charge in [0.2, 0.25) is 5.91 Å². The number of benzene rings is 2. The van der Waals surface area contributed by atoms with E-state index in [2.05, 4.69) is 29.6 Å². The van der Waals surface area contributed by atoms with Crippen molar-refractivity contribution in [3.05, 3.63) is 59.7 Å². The van der Waals surface area contributed by atoms with Crippen molar-refractivity contribution in [1.29, 1.82) is 0 Å². The fraction of sp³-hybridized carbons (Fsp3) is 0.464. The van der Waals surface area contributed by atoms with Crippen LogP contribution in [0, 0.1) is 11.3 Å². The Morgan fingerprint density at radius 1 is 1.06 bits per heavy atom. The molecule has 0 aromatic heterocycles. The second kappa shape index (κ2) is 10.1. The molecule has 0 unspecified atom stereocenters. The van der Waals surface area contributed by atoms with Crippen molar-refractivity contribution in [1.82, 2.24) is 10.2 Å². The normalized spacial score (nSPS) is 19.6. The molecule has 0 bridgehead atoms. The SMILES string of the molecule is C[C@@H]1[C@H](C(=O)O)CCCN1C(=O)C(C)(C)CCNC(=O)OCC1c2ccccc2-c2ccccc21. The Kier molecular flexibility index (Phi) is 7.15. The first kappa shape index (κ1) is 24.8. The minimum Gasteiger partial charge on any atom is -0.481 e. The summed E-state index contributed by atoms with van der Waals surface area (Å²) < 4.78 is 5.58. The number of alkyl carbamates (subject to hydrolysis) is 1. The Balaban J connectivity index is 1.29. The lowest BCUT2D eigenvalue weighted by molar-refractivity contribution is -0.153. The van der Waals surface area contributed by atoms with E-state index in [0.717, 1.165) is 11.1 Å². The summed E-state index contributed by atoms with van der Waals surface area (Å²) in [7, 11) is 0. The van der Waals surface area contributed by atoms with Gasteiger partial charge in [0.25, 0.3) is 0 Å². The molecule has 0 saturated carbocycles. The third kappa shape index (κ3) is 5.04. The molecule has 186 valence electrons. The van der Waals surface area contributed by atoms with Gasteiger partial charge < -0.3 is 20.1 Å². The number of fused-ring (bicyclic) bond motifs is 3. The molecule has 2 amide bonds. The number of carbonyl (C=O) groups is 3. The van der Waals surface area contributed by atoms with Crippen molar-refractivity contribution in [2.75, 3.05) is 19.7 Å². The summed E-state index contributed by atoms with van der Waals surface area (Å²) in [4.78, 5) is 38.9. The molecule has 35 heavy (non-hydrogen) atoms. The Labute approximate surface area is 206 Å². The van der Waals surface area contributed by atoms with Gasteiger partial charge in [0, 0.05) is 30.5 Å². The summed E-state index contributed by atoms with van der Waals surface area (Å²) >= 11 is 0. The van der Waals surface area contributed by atoms with Crippen molar-refractivity contribution in [2.24, 2.45) is 11.3 Å². The molecular weight excluding hydrogens is 444 g/mol. The molecular formula is C28H34N2O5. The average Bonchev–Trinajstić information content (AvgIpc) is 3.16. The average molecular weight is 479 g/mol. The summed E-state index contributed by atoms with van der Waals surface area (Å²) in [6.45, 7) is 6.58. The minimum atomic E-state index is -0.857. The topological polar surface area (TPSA) is 95.9 Å². The molecule has 7 heteroatoms. The van der Waals surface area contributed by atoms with Crippen LogP contribution in [0.5, 0.6) is 0 Å². The number of ether oxygens (including phenoxy) is 1. The van der Waals surface area contributed by atoms with Gasteiger partial charge in [0.15, 0.2) is 0 Å². The number of piperidine rings is 1. The van der Waals surface area contributed by atoms with E-state index in [4.69, 9.17) is 4.74 Å². The third-order valence-corrected chi connectivity index (χ3v) is 7.51. The Morgan fingerprint density at radius 2 is 1.66 bits per heavy atom. The number of carbonyl (C=O) groups excluding carboxylic acids is 2. The lowest BCUT2D eigenvalue weighted by atomic mass is 9.83. The van der Waals surface area contributed by atoms with Gasteiger partial charge in [-0.3, -0.25) is 9.59 Å². The maximum Gasteiger partial charge on any atom is 0.407 e. The number of hydrogen-bond donors (Lipinski definition) is 2. The van der Waals surface area contributed by atoms with Crippen LogP contribution in [0.25, 0.3) is 11.1 Å².